The van der Waals surface area contributed by atoms with Gasteiger partial charge in [0.2, 0.25) is 6.29 Å². The van der Waals surface area contributed by atoms with E-state index in [0.717, 1.165) is 25.8 Å². The van der Waals surface area contributed by atoms with Crippen molar-refractivity contribution >= 4 is 6.29 Å². The Kier molecular flexibility index (Phi) is 6.60. The van der Waals surface area contributed by atoms with Gasteiger partial charge in [-0.1, -0.05) is 25.7 Å². The topological polar surface area (TPSA) is 55.1 Å². The Morgan fingerprint density at radius 2 is 2.00 bits per heavy atom. The summed E-state index contributed by atoms with van der Waals surface area (Å²) in [6.07, 6.45) is 11.4. The molecule has 0 bridgehead atoms. The van der Waals surface area contributed by atoms with Crippen LogP contribution in [0.1, 0.15) is 51.4 Å². The minimum Gasteiger partial charge on any atom is -0.330 e. The van der Waals surface area contributed by atoms with E-state index in [0.29, 0.717) is 6.04 Å². The molecule has 1 aliphatic rings. The maximum atomic E-state index is 10.8. The Hall–Kier alpha value is -0.410. The largest absolute Gasteiger partial charge is 0.330 e. The summed E-state index contributed by atoms with van der Waals surface area (Å²) < 4.78 is 0. The van der Waals surface area contributed by atoms with Gasteiger partial charge in [-0.15, -0.1) is 0 Å². The first-order valence-corrected chi connectivity index (χ1v) is 6.20. The van der Waals surface area contributed by atoms with Crippen LogP contribution in [0, 0.1) is 0 Å². The second-order valence-corrected chi connectivity index (χ2v) is 4.46. The van der Waals surface area contributed by atoms with E-state index in [4.69, 9.17) is 5.73 Å². The number of nitrogens with one attached hydrogen (secondary N) is 1. The lowest BCUT2D eigenvalue weighted by Crippen LogP contribution is -2.40. The summed E-state index contributed by atoms with van der Waals surface area (Å²) in [5, 5.41) is 3.40. The molecule has 0 saturated heterocycles. The van der Waals surface area contributed by atoms with Crippen molar-refractivity contribution in [1.29, 1.82) is 0 Å². The Morgan fingerprint density at radius 1 is 1.27 bits per heavy atom. The minimum atomic E-state index is -0.0698. The van der Waals surface area contributed by atoms with E-state index < -0.39 is 0 Å². The molecule has 15 heavy (non-hydrogen) atoms. The average molecular weight is 211 g/mol. The molecule has 0 aromatic heterocycles. The molecule has 1 atom stereocenters. The van der Waals surface area contributed by atoms with Crippen LogP contribution in [0.4, 0.5) is 0 Å². The van der Waals surface area contributed by atoms with Crippen molar-refractivity contribution in [1.82, 2.24) is 5.32 Å². The van der Waals surface area contributed by atoms with Crippen molar-refractivity contribution in [3.8, 4) is 0 Å². The molecule has 1 aliphatic carbocycles. The van der Waals surface area contributed by atoms with Crippen LogP contribution in [-0.2, 0) is 4.79 Å². The van der Waals surface area contributed by atoms with Crippen LogP contribution in [0.3, 0.4) is 0 Å². The zero-order chi connectivity index (χ0) is 10.9. The Labute approximate surface area is 92.8 Å². The third-order valence-electron chi connectivity index (χ3n) is 3.13. The maximum absolute atomic E-state index is 10.8. The van der Waals surface area contributed by atoms with E-state index in [1.54, 1.807) is 0 Å². The van der Waals surface area contributed by atoms with Crippen LogP contribution < -0.4 is 11.1 Å². The van der Waals surface area contributed by atoms with Gasteiger partial charge in [-0.25, -0.2) is 0 Å². The molecular formula is C12H23N2O. The molecule has 3 nitrogen and oxygen atoms in total. The van der Waals surface area contributed by atoms with Crippen LogP contribution in [0.25, 0.3) is 0 Å². The first-order valence-electron chi connectivity index (χ1n) is 6.20. The standard InChI is InChI=1S/C12H23N2O/c13-9-5-4-8-12(10-15)14-11-6-2-1-3-7-11/h11-12,14H,1-9,13H2/t12-/m0/s1. The fourth-order valence-corrected chi connectivity index (χ4v) is 2.22. The second kappa shape index (κ2) is 7.83. The number of hydrogen-bond acceptors (Lipinski definition) is 3. The lowest BCUT2D eigenvalue weighted by atomic mass is 9.94. The molecule has 1 fully saturated rings. The number of carbonyl (C=O) groups excluding carboxylic acids is 1. The molecule has 0 aromatic rings. The van der Waals surface area contributed by atoms with Crippen LogP contribution in [0.5, 0.6) is 0 Å². The summed E-state index contributed by atoms with van der Waals surface area (Å²) in [7, 11) is 0. The van der Waals surface area contributed by atoms with E-state index in [9.17, 15) is 4.79 Å². The lowest BCUT2D eigenvalue weighted by Gasteiger charge is -2.25. The summed E-state index contributed by atoms with van der Waals surface area (Å²) in [6.45, 7) is 0.717. The van der Waals surface area contributed by atoms with E-state index >= 15 is 0 Å². The molecule has 0 unspecified atom stereocenters. The van der Waals surface area contributed by atoms with Crippen molar-refractivity contribution in [2.24, 2.45) is 5.73 Å². The molecule has 1 rings (SSSR count). The highest BCUT2D eigenvalue weighted by molar-refractivity contribution is 5.58. The molecule has 3 heteroatoms. The number of rotatable bonds is 7. The van der Waals surface area contributed by atoms with Crippen molar-refractivity contribution in [3.05, 3.63) is 0 Å². The van der Waals surface area contributed by atoms with Crippen molar-refractivity contribution in [2.45, 2.75) is 63.5 Å². The van der Waals surface area contributed by atoms with Crippen molar-refractivity contribution in [2.75, 3.05) is 6.54 Å². The summed E-state index contributed by atoms with van der Waals surface area (Å²) in [5.74, 6) is 0. The normalized spacial score (nSPS) is 20.1. The molecule has 1 saturated carbocycles. The fourth-order valence-electron chi connectivity index (χ4n) is 2.22. The first-order chi connectivity index (χ1) is 7.36. The number of unbranched alkanes of at least 4 members (excludes halogenated alkanes) is 1. The van der Waals surface area contributed by atoms with Gasteiger partial charge in [-0.3, -0.25) is 4.79 Å². The van der Waals surface area contributed by atoms with Gasteiger partial charge in [0.15, 0.2) is 0 Å². The quantitative estimate of drug-likeness (QED) is 0.628. The Bertz CT molecular complexity index is 167. The van der Waals surface area contributed by atoms with Crippen molar-refractivity contribution in [3.63, 3.8) is 0 Å². The third kappa shape index (κ3) is 5.28. The third-order valence-corrected chi connectivity index (χ3v) is 3.13. The molecule has 0 aromatic carbocycles. The van der Waals surface area contributed by atoms with Gasteiger partial charge in [0.25, 0.3) is 0 Å². The highest BCUT2D eigenvalue weighted by Crippen LogP contribution is 2.18. The molecule has 0 spiro atoms. The van der Waals surface area contributed by atoms with Gasteiger partial charge in [0.05, 0.1) is 6.04 Å². The van der Waals surface area contributed by atoms with Crippen LogP contribution in [-0.4, -0.2) is 24.9 Å². The predicted molar refractivity (Wildman–Crippen MR) is 62.4 cm³/mol. The van der Waals surface area contributed by atoms with E-state index in [2.05, 4.69) is 11.6 Å². The summed E-state index contributed by atoms with van der Waals surface area (Å²) >= 11 is 0. The van der Waals surface area contributed by atoms with E-state index in [-0.39, 0.29) is 6.04 Å². The molecule has 0 aliphatic heterocycles. The Balaban J connectivity index is 2.16. The van der Waals surface area contributed by atoms with Crippen molar-refractivity contribution < 1.29 is 4.79 Å². The summed E-state index contributed by atoms with van der Waals surface area (Å²) in [6, 6.07) is 0.475. The Morgan fingerprint density at radius 3 is 2.60 bits per heavy atom. The monoisotopic (exact) mass is 211 g/mol. The summed E-state index contributed by atoms with van der Waals surface area (Å²) in [4.78, 5) is 10.8. The second-order valence-electron chi connectivity index (χ2n) is 4.46. The maximum Gasteiger partial charge on any atom is 0.216 e. The molecule has 87 valence electrons. The van der Waals surface area contributed by atoms with Gasteiger partial charge < -0.3 is 11.1 Å². The zero-order valence-corrected chi connectivity index (χ0v) is 9.50. The highest BCUT2D eigenvalue weighted by Gasteiger charge is 2.17. The summed E-state index contributed by atoms with van der Waals surface area (Å²) in [5.41, 5.74) is 5.42. The lowest BCUT2D eigenvalue weighted by molar-refractivity contribution is 0.347. The van der Waals surface area contributed by atoms with E-state index in [1.807, 2.05) is 0 Å². The van der Waals surface area contributed by atoms with Crippen LogP contribution >= 0.6 is 0 Å². The first kappa shape index (κ1) is 12.7. The molecule has 0 heterocycles. The molecular weight excluding hydrogens is 188 g/mol. The smallest absolute Gasteiger partial charge is 0.216 e. The zero-order valence-electron chi connectivity index (χ0n) is 9.50. The molecule has 1 radical (unpaired) electrons. The number of hydrogen-bond donors (Lipinski definition) is 2. The van der Waals surface area contributed by atoms with Gasteiger partial charge in [0, 0.05) is 6.04 Å². The predicted octanol–water partition coefficient (Wildman–Crippen LogP) is 1.52. The average Bonchev–Trinajstić information content (AvgIpc) is 2.29. The number of nitrogens with two attached hydrogens (primary N) is 1. The molecule has 3 N–H and O–H groups in total. The van der Waals surface area contributed by atoms with Gasteiger partial charge >= 0.3 is 0 Å². The minimum absolute atomic E-state index is 0.0698. The van der Waals surface area contributed by atoms with Crippen LogP contribution in [0.2, 0.25) is 0 Å². The van der Waals surface area contributed by atoms with Gasteiger partial charge in [-0.05, 0) is 32.2 Å². The van der Waals surface area contributed by atoms with Crippen LogP contribution in [0.15, 0.2) is 0 Å². The van der Waals surface area contributed by atoms with E-state index in [1.165, 1.54) is 32.1 Å². The van der Waals surface area contributed by atoms with Gasteiger partial charge in [-0.2, -0.15) is 0 Å². The fraction of sp³-hybridized carbons (Fsp3) is 0.917. The molecule has 0 amide bonds. The highest BCUT2D eigenvalue weighted by atomic mass is 16.1. The van der Waals surface area contributed by atoms with Gasteiger partial charge in [0.1, 0.15) is 0 Å². The SMILES string of the molecule is NCCCC[C@@H]([C]=O)NC1CCCCC1.